The number of hydrogen-bond donors (Lipinski definition) is 1. The van der Waals surface area contributed by atoms with Gasteiger partial charge in [-0.3, -0.25) is 4.68 Å². The number of aromatic nitrogens is 2. The molecule has 0 fully saturated rings. The van der Waals surface area contributed by atoms with Crippen molar-refractivity contribution in [3.05, 3.63) is 44.1 Å². The summed E-state index contributed by atoms with van der Waals surface area (Å²) in [5.41, 5.74) is 4.56. The topological polar surface area (TPSA) is 29.9 Å². The molecule has 1 N–H and O–H groups in total. The molecule has 0 aliphatic carbocycles. The molecule has 0 saturated carbocycles. The zero-order valence-electron chi connectivity index (χ0n) is 11.3. The molecule has 1 heterocycles. The van der Waals surface area contributed by atoms with E-state index in [9.17, 15) is 0 Å². The molecule has 19 heavy (non-hydrogen) atoms. The van der Waals surface area contributed by atoms with Crippen molar-refractivity contribution < 1.29 is 0 Å². The van der Waals surface area contributed by atoms with Crippen LogP contribution >= 0.6 is 31.9 Å². The van der Waals surface area contributed by atoms with Crippen molar-refractivity contribution in [1.82, 2.24) is 9.78 Å². The van der Waals surface area contributed by atoms with Crippen LogP contribution in [0.5, 0.6) is 0 Å². The fraction of sp³-hybridized carbons (Fsp3) is 0.357. The van der Waals surface area contributed by atoms with Crippen LogP contribution in [0.1, 0.15) is 23.9 Å². The second-order valence-electron chi connectivity index (χ2n) is 4.48. The van der Waals surface area contributed by atoms with Crippen molar-refractivity contribution in [2.45, 2.75) is 33.9 Å². The fourth-order valence-corrected chi connectivity index (χ4v) is 2.65. The predicted molar refractivity (Wildman–Crippen MR) is 86.5 cm³/mol. The third-order valence-corrected chi connectivity index (χ3v) is 4.99. The van der Waals surface area contributed by atoms with Crippen LogP contribution in [0, 0.1) is 13.8 Å². The number of benzene rings is 1. The van der Waals surface area contributed by atoms with E-state index in [1.54, 1.807) is 0 Å². The largest absolute Gasteiger partial charge is 0.379 e. The molecule has 0 spiro atoms. The molecule has 1 aromatic heterocycles. The van der Waals surface area contributed by atoms with Crippen LogP contribution in [0.15, 0.2) is 27.1 Å². The van der Waals surface area contributed by atoms with Crippen molar-refractivity contribution >= 4 is 37.5 Å². The highest BCUT2D eigenvalue weighted by atomic mass is 79.9. The lowest BCUT2D eigenvalue weighted by Crippen LogP contribution is -2.08. The summed E-state index contributed by atoms with van der Waals surface area (Å²) in [6.07, 6.45) is 0. The maximum atomic E-state index is 4.49. The van der Waals surface area contributed by atoms with E-state index in [0.29, 0.717) is 0 Å². The Balaban J connectivity index is 2.16. The van der Waals surface area contributed by atoms with E-state index in [1.807, 2.05) is 11.6 Å². The standard InChI is InChI=1S/C14H17Br2N3/c1-4-19-13(14(16)10(3)18-19)8-17-11-5-6-12(15)9(2)7-11/h5-7,17H,4,8H2,1-3H3. The average Bonchev–Trinajstić information content (AvgIpc) is 2.67. The molecule has 5 heteroatoms. The lowest BCUT2D eigenvalue weighted by molar-refractivity contribution is 0.622. The first-order chi connectivity index (χ1) is 9.02. The quantitative estimate of drug-likeness (QED) is 0.828. The van der Waals surface area contributed by atoms with E-state index in [-0.39, 0.29) is 0 Å². The first-order valence-electron chi connectivity index (χ1n) is 6.24. The lowest BCUT2D eigenvalue weighted by Gasteiger charge is -2.10. The van der Waals surface area contributed by atoms with Crippen LogP contribution in [0.2, 0.25) is 0 Å². The molecule has 0 amide bonds. The van der Waals surface area contributed by atoms with Crippen LogP contribution in [-0.4, -0.2) is 9.78 Å². The van der Waals surface area contributed by atoms with E-state index in [2.05, 4.69) is 74.3 Å². The molecule has 0 aliphatic rings. The Morgan fingerprint density at radius 2 is 2.00 bits per heavy atom. The van der Waals surface area contributed by atoms with Crippen molar-refractivity contribution in [2.24, 2.45) is 0 Å². The molecule has 3 nitrogen and oxygen atoms in total. The summed E-state index contributed by atoms with van der Waals surface area (Å²) in [6.45, 7) is 7.85. The summed E-state index contributed by atoms with van der Waals surface area (Å²) in [5, 5.41) is 7.94. The molecule has 2 rings (SSSR count). The van der Waals surface area contributed by atoms with Gasteiger partial charge in [0.05, 0.1) is 22.4 Å². The second kappa shape index (κ2) is 6.09. The van der Waals surface area contributed by atoms with E-state index in [0.717, 1.165) is 33.4 Å². The van der Waals surface area contributed by atoms with Crippen molar-refractivity contribution in [1.29, 1.82) is 0 Å². The van der Waals surface area contributed by atoms with Gasteiger partial charge in [0, 0.05) is 16.7 Å². The predicted octanol–water partition coefficient (Wildman–Crippen LogP) is 4.66. The Morgan fingerprint density at radius 3 is 2.63 bits per heavy atom. The van der Waals surface area contributed by atoms with Gasteiger partial charge < -0.3 is 5.32 Å². The molecule has 1 aromatic carbocycles. The van der Waals surface area contributed by atoms with Gasteiger partial charge in [-0.1, -0.05) is 15.9 Å². The third-order valence-electron chi connectivity index (χ3n) is 3.07. The van der Waals surface area contributed by atoms with Crippen LogP contribution in [0.4, 0.5) is 5.69 Å². The average molecular weight is 387 g/mol. The molecule has 102 valence electrons. The number of nitrogens with one attached hydrogen (secondary N) is 1. The van der Waals surface area contributed by atoms with Crippen LogP contribution in [-0.2, 0) is 13.1 Å². The first kappa shape index (κ1) is 14.6. The van der Waals surface area contributed by atoms with Crippen LogP contribution in [0.3, 0.4) is 0 Å². The first-order valence-corrected chi connectivity index (χ1v) is 7.83. The minimum absolute atomic E-state index is 0.760. The number of halogens is 2. The Hall–Kier alpha value is -0.810. The minimum Gasteiger partial charge on any atom is -0.379 e. The van der Waals surface area contributed by atoms with Crippen molar-refractivity contribution in [3.63, 3.8) is 0 Å². The molecule has 0 radical (unpaired) electrons. The van der Waals surface area contributed by atoms with Gasteiger partial charge in [-0.05, 0) is 60.5 Å². The number of rotatable bonds is 4. The summed E-state index contributed by atoms with van der Waals surface area (Å²) in [5.74, 6) is 0. The molecule has 2 aromatic rings. The smallest absolute Gasteiger partial charge is 0.0739 e. The highest BCUT2D eigenvalue weighted by molar-refractivity contribution is 9.10. The van der Waals surface area contributed by atoms with E-state index in [4.69, 9.17) is 0 Å². The summed E-state index contributed by atoms with van der Waals surface area (Å²) in [4.78, 5) is 0. The molecule has 0 unspecified atom stereocenters. The molecular weight excluding hydrogens is 370 g/mol. The van der Waals surface area contributed by atoms with Gasteiger partial charge in [0.25, 0.3) is 0 Å². The SMILES string of the molecule is CCn1nc(C)c(Br)c1CNc1ccc(Br)c(C)c1. The number of nitrogens with zero attached hydrogens (tertiary/aromatic N) is 2. The van der Waals surface area contributed by atoms with E-state index >= 15 is 0 Å². The van der Waals surface area contributed by atoms with Gasteiger partial charge in [-0.25, -0.2) is 0 Å². The fourth-order valence-electron chi connectivity index (χ4n) is 1.98. The van der Waals surface area contributed by atoms with Crippen molar-refractivity contribution in [2.75, 3.05) is 5.32 Å². The lowest BCUT2D eigenvalue weighted by atomic mass is 10.2. The number of hydrogen-bond acceptors (Lipinski definition) is 2. The number of anilines is 1. The van der Waals surface area contributed by atoms with E-state index in [1.165, 1.54) is 11.3 Å². The van der Waals surface area contributed by atoms with Gasteiger partial charge in [0.2, 0.25) is 0 Å². The summed E-state index contributed by atoms with van der Waals surface area (Å²) < 4.78 is 4.25. The Labute approximate surface area is 130 Å². The number of aryl methyl sites for hydroxylation is 3. The summed E-state index contributed by atoms with van der Waals surface area (Å²) in [6, 6.07) is 6.27. The minimum atomic E-state index is 0.760. The highest BCUT2D eigenvalue weighted by Gasteiger charge is 2.11. The summed E-state index contributed by atoms with van der Waals surface area (Å²) in [7, 11) is 0. The van der Waals surface area contributed by atoms with Crippen molar-refractivity contribution in [3.8, 4) is 0 Å². The van der Waals surface area contributed by atoms with Crippen LogP contribution < -0.4 is 5.32 Å². The van der Waals surface area contributed by atoms with Gasteiger partial charge in [-0.15, -0.1) is 0 Å². The highest BCUT2D eigenvalue weighted by Crippen LogP contribution is 2.24. The molecular formula is C14H17Br2N3. The third kappa shape index (κ3) is 3.20. The Bertz CT molecular complexity index is 591. The monoisotopic (exact) mass is 385 g/mol. The van der Waals surface area contributed by atoms with Gasteiger partial charge >= 0.3 is 0 Å². The Kier molecular flexibility index (Phi) is 4.68. The van der Waals surface area contributed by atoms with Gasteiger partial charge in [0.15, 0.2) is 0 Å². The zero-order chi connectivity index (χ0) is 14.0. The van der Waals surface area contributed by atoms with Gasteiger partial charge in [0.1, 0.15) is 0 Å². The van der Waals surface area contributed by atoms with E-state index < -0.39 is 0 Å². The zero-order valence-corrected chi connectivity index (χ0v) is 14.5. The van der Waals surface area contributed by atoms with Gasteiger partial charge in [-0.2, -0.15) is 5.10 Å². The maximum absolute atomic E-state index is 4.49. The molecule has 0 atom stereocenters. The summed E-state index contributed by atoms with van der Waals surface area (Å²) >= 11 is 7.12. The maximum Gasteiger partial charge on any atom is 0.0739 e. The Morgan fingerprint density at radius 1 is 1.26 bits per heavy atom. The van der Waals surface area contributed by atoms with Crippen LogP contribution in [0.25, 0.3) is 0 Å². The molecule has 0 saturated heterocycles. The second-order valence-corrected chi connectivity index (χ2v) is 6.13. The normalized spacial score (nSPS) is 10.8. The molecule has 0 aliphatic heterocycles. The molecule has 0 bridgehead atoms.